The summed E-state index contributed by atoms with van der Waals surface area (Å²) < 4.78 is 17.2. The Hall–Kier alpha value is -1.36. The van der Waals surface area contributed by atoms with Gasteiger partial charge in [0.25, 0.3) is 0 Å². The van der Waals surface area contributed by atoms with Crippen LogP contribution in [-0.4, -0.2) is 32.9 Å². The number of hydrogen-bond acceptors (Lipinski definition) is 3. The zero-order valence-corrected chi connectivity index (χ0v) is 12.1. The summed E-state index contributed by atoms with van der Waals surface area (Å²) in [6, 6.07) is 7.78. The first-order valence-electron chi connectivity index (χ1n) is 6.30. The minimum atomic E-state index is -1.30. The molecule has 1 aromatic rings. The van der Waals surface area contributed by atoms with Crippen LogP contribution in [0.2, 0.25) is 0 Å². The third-order valence-electron chi connectivity index (χ3n) is 2.83. The summed E-state index contributed by atoms with van der Waals surface area (Å²) in [5.74, 6) is 0.266. The van der Waals surface area contributed by atoms with Crippen molar-refractivity contribution in [3.05, 3.63) is 29.8 Å². The van der Waals surface area contributed by atoms with Gasteiger partial charge >= 0.3 is 5.97 Å². The predicted octanol–water partition coefficient (Wildman–Crippen LogP) is 2.38. The van der Waals surface area contributed by atoms with E-state index in [1.165, 1.54) is 6.92 Å². The van der Waals surface area contributed by atoms with Crippen LogP contribution >= 0.6 is 0 Å². The highest BCUT2D eigenvalue weighted by atomic mass is 32.2. The third kappa shape index (κ3) is 5.42. The minimum Gasteiger partial charge on any atom is -0.493 e. The molecule has 0 fully saturated rings. The molecule has 0 saturated heterocycles. The van der Waals surface area contributed by atoms with Crippen LogP contribution in [0.15, 0.2) is 24.3 Å². The number of ether oxygens (including phenoxy) is 1. The second-order valence-corrected chi connectivity index (χ2v) is 6.26. The van der Waals surface area contributed by atoms with Gasteiger partial charge in [-0.3, -0.25) is 9.00 Å². The molecule has 0 heterocycles. The first kappa shape index (κ1) is 15.7. The number of aryl methyl sites for hydroxylation is 1. The zero-order chi connectivity index (χ0) is 14.3. The molecule has 0 aliphatic rings. The summed E-state index contributed by atoms with van der Waals surface area (Å²) in [7, 11) is -1.30. The fourth-order valence-electron chi connectivity index (χ4n) is 1.54. The van der Waals surface area contributed by atoms with E-state index in [0.29, 0.717) is 18.8 Å². The first-order chi connectivity index (χ1) is 9.02. The molecule has 1 rings (SSSR count). The van der Waals surface area contributed by atoms with Gasteiger partial charge in [0.15, 0.2) is 0 Å². The summed E-state index contributed by atoms with van der Waals surface area (Å²) in [6.45, 7) is 4.02. The van der Waals surface area contributed by atoms with E-state index in [2.05, 4.69) is 0 Å². The van der Waals surface area contributed by atoms with Crippen molar-refractivity contribution >= 4 is 16.8 Å². The fourth-order valence-corrected chi connectivity index (χ4v) is 2.60. The molecule has 0 aliphatic carbocycles. The summed E-state index contributed by atoms with van der Waals surface area (Å²) in [4.78, 5) is 10.6. The first-order valence-corrected chi connectivity index (χ1v) is 7.69. The standard InChI is InChI=1S/C14H20O4S/c1-11-7-3-4-8-13(11)18-9-5-6-10-19(17)12(2)14(15)16/h3-4,7-8,12H,5-6,9-10H2,1-2H3,(H,15,16). The molecular formula is C14H20O4S. The molecular weight excluding hydrogens is 264 g/mol. The van der Waals surface area contributed by atoms with Gasteiger partial charge in [-0.1, -0.05) is 18.2 Å². The Labute approximate surface area is 116 Å². The van der Waals surface area contributed by atoms with Crippen LogP contribution in [0.1, 0.15) is 25.3 Å². The van der Waals surface area contributed by atoms with Gasteiger partial charge in [0, 0.05) is 16.6 Å². The molecule has 0 aliphatic heterocycles. The lowest BCUT2D eigenvalue weighted by molar-refractivity contribution is -0.136. The molecule has 0 amide bonds. The second-order valence-electron chi connectivity index (χ2n) is 4.39. The number of hydrogen-bond donors (Lipinski definition) is 1. The molecule has 0 aromatic heterocycles. The van der Waals surface area contributed by atoms with Crippen molar-refractivity contribution < 1.29 is 18.8 Å². The highest BCUT2D eigenvalue weighted by Gasteiger charge is 2.17. The molecule has 5 heteroatoms. The fraction of sp³-hybridized carbons (Fsp3) is 0.500. The van der Waals surface area contributed by atoms with Gasteiger partial charge in [-0.25, -0.2) is 0 Å². The van der Waals surface area contributed by atoms with Crippen molar-refractivity contribution in [2.45, 2.75) is 31.9 Å². The maximum absolute atomic E-state index is 11.6. The van der Waals surface area contributed by atoms with Crippen LogP contribution < -0.4 is 4.74 Å². The van der Waals surface area contributed by atoms with Crippen LogP contribution in [0, 0.1) is 6.92 Å². The van der Waals surface area contributed by atoms with Gasteiger partial charge in [0.05, 0.1) is 6.61 Å². The number of aliphatic carboxylic acids is 1. The molecule has 2 atom stereocenters. The molecule has 2 unspecified atom stereocenters. The Morgan fingerprint density at radius 1 is 1.37 bits per heavy atom. The van der Waals surface area contributed by atoms with Crippen molar-refractivity contribution in [2.24, 2.45) is 0 Å². The van der Waals surface area contributed by atoms with E-state index < -0.39 is 22.0 Å². The third-order valence-corrected chi connectivity index (χ3v) is 4.51. The summed E-state index contributed by atoms with van der Waals surface area (Å²) >= 11 is 0. The Kier molecular flexibility index (Phi) is 6.56. The van der Waals surface area contributed by atoms with Crippen molar-refractivity contribution in [2.75, 3.05) is 12.4 Å². The normalized spacial score (nSPS) is 13.8. The monoisotopic (exact) mass is 284 g/mol. The largest absolute Gasteiger partial charge is 0.493 e. The topological polar surface area (TPSA) is 63.6 Å². The van der Waals surface area contributed by atoms with Crippen LogP contribution in [0.25, 0.3) is 0 Å². The van der Waals surface area contributed by atoms with Gasteiger partial charge in [0.1, 0.15) is 11.0 Å². The van der Waals surface area contributed by atoms with Crippen molar-refractivity contribution in [1.29, 1.82) is 0 Å². The van der Waals surface area contributed by atoms with E-state index in [-0.39, 0.29) is 0 Å². The number of carboxylic acid groups (broad SMARTS) is 1. The van der Waals surface area contributed by atoms with Crippen molar-refractivity contribution in [1.82, 2.24) is 0 Å². The molecule has 0 radical (unpaired) electrons. The molecule has 0 spiro atoms. The minimum absolute atomic E-state index is 0.407. The summed E-state index contributed by atoms with van der Waals surface area (Å²) in [6.07, 6.45) is 1.47. The number of rotatable bonds is 8. The maximum Gasteiger partial charge on any atom is 0.318 e. The van der Waals surface area contributed by atoms with Crippen LogP contribution in [0.3, 0.4) is 0 Å². The molecule has 106 valence electrons. The lowest BCUT2D eigenvalue weighted by Crippen LogP contribution is -2.23. The van der Waals surface area contributed by atoms with Gasteiger partial charge in [-0.05, 0) is 38.3 Å². The summed E-state index contributed by atoms with van der Waals surface area (Å²) in [5, 5.41) is 7.92. The zero-order valence-electron chi connectivity index (χ0n) is 11.3. The predicted molar refractivity (Wildman–Crippen MR) is 76.0 cm³/mol. The van der Waals surface area contributed by atoms with E-state index in [0.717, 1.165) is 17.7 Å². The van der Waals surface area contributed by atoms with Gasteiger partial charge in [-0.15, -0.1) is 0 Å². The quantitative estimate of drug-likeness (QED) is 0.744. The average molecular weight is 284 g/mol. The van der Waals surface area contributed by atoms with Gasteiger partial charge < -0.3 is 9.84 Å². The molecule has 1 aromatic carbocycles. The molecule has 1 N–H and O–H groups in total. The second kappa shape index (κ2) is 7.94. The maximum atomic E-state index is 11.6. The van der Waals surface area contributed by atoms with Crippen LogP contribution in [0.4, 0.5) is 0 Å². The Balaban J connectivity index is 2.20. The smallest absolute Gasteiger partial charge is 0.318 e. The average Bonchev–Trinajstić information content (AvgIpc) is 2.39. The molecule has 0 bridgehead atoms. The SMILES string of the molecule is Cc1ccccc1OCCCCS(=O)C(C)C(=O)O. The van der Waals surface area contributed by atoms with Gasteiger partial charge in [-0.2, -0.15) is 0 Å². The van der Waals surface area contributed by atoms with Crippen molar-refractivity contribution in [3.63, 3.8) is 0 Å². The lowest BCUT2D eigenvalue weighted by Gasteiger charge is -2.09. The highest BCUT2D eigenvalue weighted by Crippen LogP contribution is 2.16. The Morgan fingerprint density at radius 3 is 2.68 bits per heavy atom. The van der Waals surface area contributed by atoms with Crippen LogP contribution in [0.5, 0.6) is 5.75 Å². The highest BCUT2D eigenvalue weighted by molar-refractivity contribution is 7.86. The van der Waals surface area contributed by atoms with Crippen molar-refractivity contribution in [3.8, 4) is 5.75 Å². The van der Waals surface area contributed by atoms with Crippen LogP contribution in [-0.2, 0) is 15.6 Å². The lowest BCUT2D eigenvalue weighted by atomic mass is 10.2. The van der Waals surface area contributed by atoms with E-state index in [1.807, 2.05) is 31.2 Å². The molecule has 0 saturated carbocycles. The Morgan fingerprint density at radius 2 is 2.05 bits per heavy atom. The molecule has 19 heavy (non-hydrogen) atoms. The van der Waals surface area contributed by atoms with E-state index in [4.69, 9.17) is 9.84 Å². The number of para-hydroxylation sites is 1. The number of carbonyl (C=O) groups is 1. The Bertz CT molecular complexity index is 445. The molecule has 4 nitrogen and oxygen atoms in total. The number of unbranched alkanes of at least 4 members (excludes halogenated alkanes) is 1. The van der Waals surface area contributed by atoms with E-state index >= 15 is 0 Å². The summed E-state index contributed by atoms with van der Waals surface area (Å²) in [5.41, 5.74) is 1.09. The number of carboxylic acids is 1. The van der Waals surface area contributed by atoms with Gasteiger partial charge in [0.2, 0.25) is 0 Å². The van der Waals surface area contributed by atoms with E-state index in [1.54, 1.807) is 0 Å². The van der Waals surface area contributed by atoms with E-state index in [9.17, 15) is 9.00 Å². The number of benzene rings is 1.